The number of hydrogen-bond acceptors (Lipinski definition) is 1. The zero-order valence-corrected chi connectivity index (χ0v) is 12.7. The predicted octanol–water partition coefficient (Wildman–Crippen LogP) is 4.55. The number of halogens is 2. The number of aryl methyl sites for hydroxylation is 2. The van der Waals surface area contributed by atoms with Gasteiger partial charge in [-0.05, 0) is 60.6 Å². The second-order valence-electron chi connectivity index (χ2n) is 5.30. The maximum absolute atomic E-state index is 13.9. The summed E-state index contributed by atoms with van der Waals surface area (Å²) >= 11 is 3.32. The Morgan fingerprint density at radius 2 is 1.75 bits per heavy atom. The molecule has 1 unspecified atom stereocenters. The highest BCUT2D eigenvalue weighted by Gasteiger charge is 2.18. The first-order valence-electron chi connectivity index (χ1n) is 6.90. The average Bonchev–Trinajstić information content (AvgIpc) is 2.48. The molecular weight excluding hydrogens is 319 g/mol. The molecule has 0 radical (unpaired) electrons. The Morgan fingerprint density at radius 3 is 2.55 bits per heavy atom. The van der Waals surface area contributed by atoms with Gasteiger partial charge in [-0.15, -0.1) is 0 Å². The molecule has 2 aromatic rings. The third kappa shape index (κ3) is 2.65. The smallest absolute Gasteiger partial charge is 0.129 e. The van der Waals surface area contributed by atoms with E-state index in [9.17, 15) is 9.50 Å². The van der Waals surface area contributed by atoms with E-state index in [0.717, 1.165) is 22.9 Å². The molecule has 0 saturated heterocycles. The van der Waals surface area contributed by atoms with Crippen molar-refractivity contribution in [3.05, 3.63) is 68.9 Å². The lowest BCUT2D eigenvalue weighted by atomic mass is 9.88. The van der Waals surface area contributed by atoms with Gasteiger partial charge in [0.15, 0.2) is 0 Å². The summed E-state index contributed by atoms with van der Waals surface area (Å²) in [6.45, 7) is 0. The molecule has 0 fully saturated rings. The number of fused-ring (bicyclic) bond motifs is 1. The van der Waals surface area contributed by atoms with Crippen molar-refractivity contribution in [2.24, 2.45) is 0 Å². The van der Waals surface area contributed by atoms with Gasteiger partial charge in [-0.1, -0.05) is 34.1 Å². The van der Waals surface area contributed by atoms with Crippen molar-refractivity contribution in [2.45, 2.75) is 31.8 Å². The molecule has 1 aliphatic carbocycles. The molecule has 0 heterocycles. The van der Waals surface area contributed by atoms with E-state index in [0.29, 0.717) is 5.56 Å². The molecule has 1 atom stereocenters. The van der Waals surface area contributed by atoms with Gasteiger partial charge in [-0.3, -0.25) is 0 Å². The Labute approximate surface area is 126 Å². The predicted molar refractivity (Wildman–Crippen MR) is 81.2 cm³/mol. The fourth-order valence-corrected chi connectivity index (χ4v) is 3.21. The van der Waals surface area contributed by atoms with Crippen molar-refractivity contribution >= 4 is 15.9 Å². The van der Waals surface area contributed by atoms with Crippen LogP contribution in [0.15, 0.2) is 40.9 Å². The van der Waals surface area contributed by atoms with Crippen LogP contribution >= 0.6 is 15.9 Å². The molecule has 0 saturated carbocycles. The van der Waals surface area contributed by atoms with Gasteiger partial charge in [0.2, 0.25) is 0 Å². The number of hydrogen-bond donors (Lipinski definition) is 1. The molecule has 3 rings (SSSR count). The second kappa shape index (κ2) is 5.66. The Balaban J connectivity index is 1.97. The average molecular weight is 335 g/mol. The number of rotatable bonds is 2. The Kier molecular flexibility index (Phi) is 3.90. The van der Waals surface area contributed by atoms with Crippen LogP contribution in [0.25, 0.3) is 0 Å². The molecule has 1 nitrogen and oxygen atoms in total. The second-order valence-corrected chi connectivity index (χ2v) is 6.22. The molecule has 0 amide bonds. The van der Waals surface area contributed by atoms with Gasteiger partial charge in [-0.25, -0.2) is 4.39 Å². The molecular formula is C17H16BrFO. The highest BCUT2D eigenvalue weighted by Crippen LogP contribution is 2.30. The maximum atomic E-state index is 13.9. The molecule has 3 heteroatoms. The topological polar surface area (TPSA) is 20.2 Å². The van der Waals surface area contributed by atoms with Crippen LogP contribution in [0.3, 0.4) is 0 Å². The fourth-order valence-electron chi connectivity index (χ4n) is 2.83. The lowest BCUT2D eigenvalue weighted by molar-refractivity contribution is 0.214. The van der Waals surface area contributed by atoms with E-state index in [1.165, 1.54) is 30.0 Å². The van der Waals surface area contributed by atoms with Gasteiger partial charge in [0, 0.05) is 10.0 Å². The van der Waals surface area contributed by atoms with Crippen LogP contribution in [0.1, 0.15) is 41.2 Å². The minimum absolute atomic E-state index is 0.315. The summed E-state index contributed by atoms with van der Waals surface area (Å²) in [6, 6.07) is 10.7. The molecule has 0 bridgehead atoms. The van der Waals surface area contributed by atoms with Crippen LogP contribution in [-0.2, 0) is 12.8 Å². The van der Waals surface area contributed by atoms with Gasteiger partial charge >= 0.3 is 0 Å². The normalized spacial score (nSPS) is 15.8. The number of aliphatic hydroxyl groups excluding tert-OH is 1. The first kappa shape index (κ1) is 13.8. The van der Waals surface area contributed by atoms with Crippen LogP contribution in [0.5, 0.6) is 0 Å². The van der Waals surface area contributed by atoms with Crippen LogP contribution in [0.4, 0.5) is 4.39 Å². The van der Waals surface area contributed by atoms with Crippen molar-refractivity contribution < 1.29 is 9.50 Å². The summed E-state index contributed by atoms with van der Waals surface area (Å²) in [5.74, 6) is -0.376. The number of aliphatic hydroxyl groups is 1. The van der Waals surface area contributed by atoms with Gasteiger partial charge in [-0.2, -0.15) is 0 Å². The Bertz CT molecular complexity index is 639. The number of benzene rings is 2. The third-order valence-corrected chi connectivity index (χ3v) is 4.43. The van der Waals surface area contributed by atoms with Gasteiger partial charge < -0.3 is 5.11 Å². The highest BCUT2D eigenvalue weighted by atomic mass is 79.9. The summed E-state index contributed by atoms with van der Waals surface area (Å²) in [6.07, 6.45) is 3.67. The molecule has 20 heavy (non-hydrogen) atoms. The van der Waals surface area contributed by atoms with E-state index in [1.807, 2.05) is 12.1 Å². The quantitative estimate of drug-likeness (QED) is 0.854. The molecule has 0 aromatic heterocycles. The first-order valence-corrected chi connectivity index (χ1v) is 7.69. The van der Waals surface area contributed by atoms with Crippen LogP contribution in [-0.4, -0.2) is 5.11 Å². The first-order chi connectivity index (χ1) is 9.65. The molecule has 0 aliphatic heterocycles. The Morgan fingerprint density at radius 1 is 1.00 bits per heavy atom. The van der Waals surface area contributed by atoms with Crippen molar-refractivity contribution in [2.75, 3.05) is 0 Å². The van der Waals surface area contributed by atoms with Crippen LogP contribution < -0.4 is 0 Å². The van der Waals surface area contributed by atoms with E-state index in [2.05, 4.69) is 22.0 Å². The summed E-state index contributed by atoms with van der Waals surface area (Å²) < 4.78 is 14.6. The molecule has 1 aliphatic rings. The van der Waals surface area contributed by atoms with Gasteiger partial charge in [0.1, 0.15) is 11.9 Å². The lowest BCUT2D eigenvalue weighted by Gasteiger charge is -2.19. The maximum Gasteiger partial charge on any atom is 0.129 e. The summed E-state index contributed by atoms with van der Waals surface area (Å²) in [5.41, 5.74) is 3.74. The molecule has 1 N–H and O–H groups in total. The van der Waals surface area contributed by atoms with Gasteiger partial charge in [0.05, 0.1) is 0 Å². The zero-order chi connectivity index (χ0) is 14.1. The van der Waals surface area contributed by atoms with E-state index in [4.69, 9.17) is 0 Å². The standard InChI is InChI=1S/C17H16BrFO/c18-14-7-8-16(19)15(10-14)17(20)13-6-5-11-3-1-2-4-12(11)9-13/h5-10,17,20H,1-4H2. The monoisotopic (exact) mass is 334 g/mol. The van der Waals surface area contributed by atoms with E-state index in [1.54, 1.807) is 12.1 Å². The SMILES string of the molecule is OC(c1ccc2c(c1)CCCC2)c1cc(Br)ccc1F. The summed E-state index contributed by atoms with van der Waals surface area (Å²) in [7, 11) is 0. The van der Waals surface area contributed by atoms with Crippen molar-refractivity contribution in [1.29, 1.82) is 0 Å². The minimum atomic E-state index is -0.917. The van der Waals surface area contributed by atoms with Crippen LogP contribution in [0, 0.1) is 5.82 Å². The molecule has 0 spiro atoms. The van der Waals surface area contributed by atoms with Crippen LogP contribution in [0.2, 0.25) is 0 Å². The molecule has 104 valence electrons. The van der Waals surface area contributed by atoms with Crippen molar-refractivity contribution in [1.82, 2.24) is 0 Å². The lowest BCUT2D eigenvalue weighted by Crippen LogP contribution is -2.07. The zero-order valence-electron chi connectivity index (χ0n) is 11.1. The third-order valence-electron chi connectivity index (χ3n) is 3.94. The largest absolute Gasteiger partial charge is 0.384 e. The van der Waals surface area contributed by atoms with E-state index < -0.39 is 6.10 Å². The van der Waals surface area contributed by atoms with Crippen molar-refractivity contribution in [3.8, 4) is 0 Å². The summed E-state index contributed by atoms with van der Waals surface area (Å²) in [5, 5.41) is 10.4. The minimum Gasteiger partial charge on any atom is -0.384 e. The van der Waals surface area contributed by atoms with Crippen molar-refractivity contribution in [3.63, 3.8) is 0 Å². The highest BCUT2D eigenvalue weighted by molar-refractivity contribution is 9.10. The summed E-state index contributed by atoms with van der Waals surface area (Å²) in [4.78, 5) is 0. The molecule has 2 aromatic carbocycles. The van der Waals surface area contributed by atoms with E-state index in [-0.39, 0.29) is 5.82 Å². The van der Waals surface area contributed by atoms with E-state index >= 15 is 0 Å². The fraction of sp³-hybridized carbons (Fsp3) is 0.294. The Hall–Kier alpha value is -1.19. The van der Waals surface area contributed by atoms with Gasteiger partial charge in [0.25, 0.3) is 0 Å².